The standard InChI is InChI=1S/C12H15AtFN3O4/c1-20-10-8(14)7(13)6(9(17)11(10)21-2)4(15)3-5(16)12(18)19/h5,15H,3,16-17H2,1-2H3,(H,18,19). The number of hydrogen-bond acceptors (Lipinski definition) is 6. The zero-order valence-corrected chi connectivity index (χ0v) is 14.3. The van der Waals surface area contributed by atoms with Crippen LogP contribution in [0.2, 0.25) is 0 Å². The van der Waals surface area contributed by atoms with Gasteiger partial charge in [-0.25, -0.2) is 0 Å². The van der Waals surface area contributed by atoms with E-state index in [2.05, 4.69) is 0 Å². The Kier molecular flexibility index (Phi) is 5.86. The van der Waals surface area contributed by atoms with Crippen molar-refractivity contribution in [3.05, 3.63) is 11.4 Å². The van der Waals surface area contributed by atoms with Crippen molar-refractivity contribution in [1.82, 2.24) is 0 Å². The third-order valence-corrected chi connectivity index (χ3v) is 4.16. The Balaban J connectivity index is 3.40. The van der Waals surface area contributed by atoms with E-state index >= 15 is 0 Å². The van der Waals surface area contributed by atoms with E-state index in [9.17, 15) is 9.18 Å². The van der Waals surface area contributed by atoms with Gasteiger partial charge < -0.3 is 0 Å². The number of rotatable bonds is 6. The summed E-state index contributed by atoms with van der Waals surface area (Å²) >= 11 is 0.954. The molecule has 6 N–H and O–H groups in total. The topological polar surface area (TPSA) is 132 Å². The summed E-state index contributed by atoms with van der Waals surface area (Å²) in [6.45, 7) is 0. The van der Waals surface area contributed by atoms with E-state index in [4.69, 9.17) is 31.5 Å². The second-order valence-corrected chi connectivity index (χ2v) is 5.58. The summed E-state index contributed by atoms with van der Waals surface area (Å²) in [7, 11) is 2.57. The molecule has 1 aromatic rings. The zero-order valence-electron chi connectivity index (χ0n) is 11.4. The average molecular weight is 494 g/mol. The van der Waals surface area contributed by atoms with Crippen LogP contribution in [-0.4, -0.2) is 37.0 Å². The van der Waals surface area contributed by atoms with Crippen molar-refractivity contribution in [2.24, 2.45) is 5.73 Å². The molecular weight excluding hydrogens is 479 g/mol. The van der Waals surface area contributed by atoms with Gasteiger partial charge in [0.1, 0.15) is 0 Å². The molecule has 0 fully saturated rings. The molecule has 0 aliphatic rings. The number of anilines is 1. The summed E-state index contributed by atoms with van der Waals surface area (Å²) in [5, 5.41) is 16.7. The van der Waals surface area contributed by atoms with Crippen LogP contribution in [0.4, 0.5) is 10.1 Å². The molecule has 0 radical (unpaired) electrons. The van der Waals surface area contributed by atoms with Crippen LogP contribution < -0.4 is 24.2 Å². The fourth-order valence-corrected chi connectivity index (χ4v) is 2.93. The Hall–Kier alpha value is -1.47. The Morgan fingerprint density at radius 3 is 2.38 bits per heavy atom. The molecule has 1 aromatic carbocycles. The monoisotopic (exact) mass is 494 g/mol. The molecule has 9 heteroatoms. The molecule has 1 unspecified atom stereocenters. The first-order valence-corrected chi connectivity index (χ1v) is 7.17. The van der Waals surface area contributed by atoms with Gasteiger partial charge in [0.05, 0.1) is 0 Å². The van der Waals surface area contributed by atoms with Gasteiger partial charge in [0.2, 0.25) is 0 Å². The predicted molar refractivity (Wildman–Crippen MR) is 70.6 cm³/mol. The maximum absolute atomic E-state index is 14.3. The maximum atomic E-state index is 14.3. The van der Waals surface area contributed by atoms with Gasteiger partial charge in [0.15, 0.2) is 0 Å². The van der Waals surface area contributed by atoms with E-state index in [0.717, 1.165) is 24.7 Å². The summed E-state index contributed by atoms with van der Waals surface area (Å²) < 4.78 is 24.3. The number of halogens is 1. The van der Waals surface area contributed by atoms with Crippen molar-refractivity contribution in [3.63, 3.8) is 0 Å². The van der Waals surface area contributed by atoms with Crippen molar-refractivity contribution >= 4 is 20.6 Å². The second kappa shape index (κ2) is 7.00. The molecule has 116 valence electrons. The van der Waals surface area contributed by atoms with Crippen molar-refractivity contribution in [1.29, 1.82) is 5.41 Å². The predicted octanol–water partition coefficient (Wildman–Crippen LogP) is -0.230. The molecule has 0 spiro atoms. The Labute approximate surface area is 135 Å². The number of carboxylic acids is 1. The van der Waals surface area contributed by atoms with Crippen molar-refractivity contribution in [3.8, 4) is 11.5 Å². The van der Waals surface area contributed by atoms with Crippen LogP contribution in [0.1, 0.15) is 12.0 Å². The van der Waals surface area contributed by atoms with Crippen LogP contribution in [0.15, 0.2) is 0 Å². The fraction of sp³-hybridized carbons (Fsp3) is 0.333. The minimum atomic E-state index is -1.26. The quantitative estimate of drug-likeness (QED) is 0.319. The van der Waals surface area contributed by atoms with E-state index in [1.54, 1.807) is 0 Å². The van der Waals surface area contributed by atoms with Gasteiger partial charge >= 0.3 is 136 Å². The number of benzene rings is 1. The molecule has 0 saturated carbocycles. The first kappa shape index (κ1) is 17.6. The summed E-state index contributed by atoms with van der Waals surface area (Å²) in [6, 6.07) is -1.26. The van der Waals surface area contributed by atoms with Gasteiger partial charge in [-0.05, 0) is 0 Å². The summed E-state index contributed by atoms with van der Waals surface area (Å²) in [4.78, 5) is 10.8. The van der Waals surface area contributed by atoms with E-state index < -0.39 is 17.8 Å². The van der Waals surface area contributed by atoms with Gasteiger partial charge in [-0.2, -0.15) is 0 Å². The molecule has 0 heterocycles. The molecule has 1 atom stereocenters. The third kappa shape index (κ3) is 3.41. The molecule has 0 amide bonds. The summed E-state index contributed by atoms with van der Waals surface area (Å²) in [5.41, 5.74) is 11.2. The number of nitrogen functional groups attached to an aromatic ring is 1. The Bertz CT molecular complexity index is 595. The molecule has 0 bridgehead atoms. The molecule has 7 nitrogen and oxygen atoms in total. The number of carbonyl (C=O) groups is 1. The zero-order chi connectivity index (χ0) is 16.3. The number of aliphatic carboxylic acids is 1. The van der Waals surface area contributed by atoms with Gasteiger partial charge in [-0.15, -0.1) is 0 Å². The number of carboxylic acid groups (broad SMARTS) is 1. The van der Waals surface area contributed by atoms with Crippen LogP contribution in [0.3, 0.4) is 0 Å². The number of nitrogens with two attached hydrogens (primary N) is 2. The normalized spacial score (nSPS) is 11.9. The molecule has 0 aliphatic heterocycles. The van der Waals surface area contributed by atoms with Crippen molar-refractivity contribution in [2.45, 2.75) is 12.5 Å². The molecule has 0 saturated heterocycles. The average Bonchev–Trinajstić information content (AvgIpc) is 2.42. The Morgan fingerprint density at radius 1 is 1.43 bits per heavy atom. The number of ether oxygens (including phenoxy) is 2. The van der Waals surface area contributed by atoms with E-state index in [0.29, 0.717) is 0 Å². The SMILES string of the molecule is COc1c(N)c(C(=N)CC(N)C(=O)O)c([At])c(F)c1OC. The van der Waals surface area contributed by atoms with Crippen LogP contribution >= 0.6 is 0 Å². The molecule has 0 aliphatic carbocycles. The number of hydrogen-bond donors (Lipinski definition) is 4. The summed E-state index contributed by atoms with van der Waals surface area (Å²) in [5.74, 6) is -2.11. The minimum absolute atomic E-state index is 0.0239. The molecule has 21 heavy (non-hydrogen) atoms. The Morgan fingerprint density at radius 2 is 1.95 bits per heavy atom. The van der Waals surface area contributed by atoms with Gasteiger partial charge in [-0.3, -0.25) is 0 Å². The molecule has 0 aromatic heterocycles. The summed E-state index contributed by atoms with van der Waals surface area (Å²) in [6.07, 6.45) is -0.274. The van der Waals surface area contributed by atoms with Gasteiger partial charge in [0.25, 0.3) is 0 Å². The van der Waals surface area contributed by atoms with E-state index in [1.807, 2.05) is 0 Å². The number of methoxy groups -OCH3 is 2. The van der Waals surface area contributed by atoms with Crippen LogP contribution in [0, 0.1) is 35.9 Å². The second-order valence-electron chi connectivity index (χ2n) is 4.11. The van der Waals surface area contributed by atoms with E-state index in [-0.39, 0.29) is 38.2 Å². The van der Waals surface area contributed by atoms with Crippen molar-refractivity contribution in [2.75, 3.05) is 20.0 Å². The van der Waals surface area contributed by atoms with Crippen molar-refractivity contribution < 1.29 is 48.5 Å². The molecule has 1 rings (SSSR count). The number of nitrogens with one attached hydrogen (secondary N) is 1. The first-order valence-electron chi connectivity index (χ1n) is 5.70. The van der Waals surface area contributed by atoms with Crippen LogP contribution in [0.5, 0.6) is 11.5 Å². The fourth-order valence-electron chi connectivity index (χ4n) is 1.75. The van der Waals surface area contributed by atoms with Crippen LogP contribution in [-0.2, 0) is 4.79 Å². The molecular formula is C12H15AtFN3O4. The van der Waals surface area contributed by atoms with E-state index in [1.165, 1.54) is 14.2 Å². The van der Waals surface area contributed by atoms with Crippen LogP contribution in [0.25, 0.3) is 0 Å². The van der Waals surface area contributed by atoms with Gasteiger partial charge in [0, 0.05) is 0 Å². The third-order valence-electron chi connectivity index (χ3n) is 2.78. The first-order chi connectivity index (χ1) is 9.76. The van der Waals surface area contributed by atoms with Gasteiger partial charge in [-0.1, -0.05) is 0 Å².